The summed E-state index contributed by atoms with van der Waals surface area (Å²) < 4.78 is 26.2. The van der Waals surface area contributed by atoms with Crippen molar-refractivity contribution >= 4 is 19.8 Å². The highest BCUT2D eigenvalue weighted by Crippen LogP contribution is 2.36. The molecule has 0 radical (unpaired) electrons. The van der Waals surface area contributed by atoms with Crippen molar-refractivity contribution in [3.63, 3.8) is 0 Å². The summed E-state index contributed by atoms with van der Waals surface area (Å²) in [5.41, 5.74) is 0. The predicted molar refractivity (Wildman–Crippen MR) is 193 cm³/mol. The van der Waals surface area contributed by atoms with Crippen molar-refractivity contribution in [3.8, 4) is 0 Å². The third kappa shape index (κ3) is 36.9. The van der Waals surface area contributed by atoms with E-state index in [1.54, 1.807) is 0 Å². The van der Waals surface area contributed by atoms with Gasteiger partial charge in [0.1, 0.15) is 6.61 Å². The molecule has 0 amide bonds. The van der Waals surface area contributed by atoms with Crippen LogP contribution in [0.4, 0.5) is 0 Å². The third-order valence-electron chi connectivity index (χ3n) is 7.88. The Hall–Kier alpha value is -1.73. The molecule has 0 aliphatic rings. The zero-order valence-electron chi connectivity index (χ0n) is 29.9. The highest BCUT2D eigenvalue weighted by atomic mass is 31.2. The Morgan fingerprint density at radius 1 is 0.553 bits per heavy atom. The molecule has 0 rings (SSSR count). The Morgan fingerprint density at radius 2 is 0.979 bits per heavy atom. The molecule has 8 nitrogen and oxygen atoms in total. The van der Waals surface area contributed by atoms with Crippen molar-refractivity contribution in [2.75, 3.05) is 13.2 Å². The Kier molecular flexibility index (Phi) is 32.9. The summed E-state index contributed by atoms with van der Waals surface area (Å²) >= 11 is 0. The molecule has 0 unspecified atom stereocenters. The first kappa shape index (κ1) is 45.3. The Balaban J connectivity index is 4.03. The Bertz CT molecular complexity index is 864. The molecule has 274 valence electrons. The lowest BCUT2D eigenvalue weighted by atomic mass is 10.1. The lowest BCUT2D eigenvalue weighted by Crippen LogP contribution is -2.29. The molecule has 0 spiro atoms. The summed E-state index contributed by atoms with van der Waals surface area (Å²) in [4.78, 5) is 42.6. The van der Waals surface area contributed by atoms with Gasteiger partial charge in [-0.3, -0.25) is 14.1 Å². The number of esters is 2. The van der Waals surface area contributed by atoms with E-state index in [0.717, 1.165) is 57.8 Å². The van der Waals surface area contributed by atoms with E-state index in [1.807, 2.05) is 0 Å². The summed E-state index contributed by atoms with van der Waals surface area (Å²) in [6.45, 7) is 3.60. The van der Waals surface area contributed by atoms with Gasteiger partial charge in [-0.25, -0.2) is 4.57 Å². The molecule has 0 saturated carbocycles. The van der Waals surface area contributed by atoms with Gasteiger partial charge in [-0.1, -0.05) is 134 Å². The molecule has 0 aromatic heterocycles. The number of ether oxygens (including phenoxy) is 2. The van der Waals surface area contributed by atoms with Gasteiger partial charge in [-0.05, 0) is 64.2 Å². The zero-order valence-corrected chi connectivity index (χ0v) is 30.8. The molecule has 0 aliphatic heterocycles. The first-order valence-electron chi connectivity index (χ1n) is 18.8. The second-order valence-electron chi connectivity index (χ2n) is 12.5. The highest BCUT2D eigenvalue weighted by Gasteiger charge is 2.22. The number of phosphoric acid groups is 1. The molecule has 0 bridgehead atoms. The van der Waals surface area contributed by atoms with Crippen molar-refractivity contribution in [2.24, 2.45) is 0 Å². The van der Waals surface area contributed by atoms with Crippen LogP contribution in [0.1, 0.15) is 174 Å². The summed E-state index contributed by atoms with van der Waals surface area (Å²) in [7, 11) is -4.76. The van der Waals surface area contributed by atoms with Crippen LogP contribution in [0, 0.1) is 0 Å². The molecule has 0 heterocycles. The Labute approximate surface area is 287 Å². The predicted octanol–water partition coefficient (Wildman–Crippen LogP) is 11.0. The summed E-state index contributed by atoms with van der Waals surface area (Å²) in [6.07, 6.45) is 38.8. The second-order valence-corrected chi connectivity index (χ2v) is 13.8. The van der Waals surface area contributed by atoms with E-state index in [-0.39, 0.29) is 19.4 Å². The van der Waals surface area contributed by atoms with Crippen LogP contribution in [-0.4, -0.2) is 41.0 Å². The van der Waals surface area contributed by atoms with E-state index in [1.165, 1.54) is 77.0 Å². The molecular weight excluding hydrogens is 615 g/mol. The number of hydrogen-bond acceptors (Lipinski definition) is 6. The average Bonchev–Trinajstić information content (AvgIpc) is 3.04. The van der Waals surface area contributed by atoms with Gasteiger partial charge in [0.2, 0.25) is 0 Å². The molecular formula is C38H69O8P. The monoisotopic (exact) mass is 684 g/mol. The standard InChI is InChI=1S/C38H69O8P/c1-3-5-7-9-11-13-15-17-18-19-20-21-23-24-26-28-30-32-37(39)44-34-36(35-45-47(41,42)43)46-38(40)33-31-29-27-25-22-16-14-12-10-8-6-4-2/h12,14,20-21,24,26,36H,3-11,13,15-19,22-23,25,27-35H2,1-2H3,(H2,41,42,43)/b14-12+,21-20+,26-24+/t36-/m1/s1. The van der Waals surface area contributed by atoms with Crippen molar-refractivity contribution in [3.05, 3.63) is 36.5 Å². The molecule has 0 saturated heterocycles. The number of hydrogen-bond donors (Lipinski definition) is 2. The first-order chi connectivity index (χ1) is 22.8. The van der Waals surface area contributed by atoms with Crippen LogP contribution in [0.3, 0.4) is 0 Å². The molecule has 0 aromatic rings. The zero-order chi connectivity index (χ0) is 34.7. The fourth-order valence-electron chi connectivity index (χ4n) is 5.05. The smallest absolute Gasteiger partial charge is 0.462 e. The van der Waals surface area contributed by atoms with Crippen LogP contribution in [-0.2, 0) is 28.2 Å². The number of rotatable bonds is 34. The van der Waals surface area contributed by atoms with Gasteiger partial charge in [0.05, 0.1) is 6.61 Å². The topological polar surface area (TPSA) is 119 Å². The average molecular weight is 685 g/mol. The molecule has 1 atom stereocenters. The fourth-order valence-corrected chi connectivity index (χ4v) is 5.41. The lowest BCUT2D eigenvalue weighted by Gasteiger charge is -2.18. The van der Waals surface area contributed by atoms with Gasteiger partial charge in [0.15, 0.2) is 6.10 Å². The van der Waals surface area contributed by atoms with Gasteiger partial charge in [-0.15, -0.1) is 0 Å². The first-order valence-corrected chi connectivity index (χ1v) is 20.3. The largest absolute Gasteiger partial charge is 0.469 e. The van der Waals surface area contributed by atoms with Gasteiger partial charge < -0.3 is 19.3 Å². The van der Waals surface area contributed by atoms with Crippen LogP contribution in [0.25, 0.3) is 0 Å². The van der Waals surface area contributed by atoms with E-state index >= 15 is 0 Å². The van der Waals surface area contributed by atoms with E-state index in [2.05, 4.69) is 54.8 Å². The normalized spacial score (nSPS) is 12.9. The number of unbranched alkanes of at least 4 members (excludes halogenated alkanes) is 18. The lowest BCUT2D eigenvalue weighted by molar-refractivity contribution is -0.161. The minimum atomic E-state index is -4.76. The van der Waals surface area contributed by atoms with Crippen molar-refractivity contribution < 1.29 is 37.9 Å². The second kappa shape index (κ2) is 34.1. The maximum atomic E-state index is 12.3. The fraction of sp³-hybridized carbons (Fsp3) is 0.789. The van der Waals surface area contributed by atoms with Gasteiger partial charge in [0, 0.05) is 12.8 Å². The molecule has 47 heavy (non-hydrogen) atoms. The van der Waals surface area contributed by atoms with Gasteiger partial charge >= 0.3 is 19.8 Å². The molecule has 0 aromatic carbocycles. The van der Waals surface area contributed by atoms with Crippen molar-refractivity contribution in [1.29, 1.82) is 0 Å². The maximum Gasteiger partial charge on any atom is 0.469 e. The summed E-state index contributed by atoms with van der Waals surface area (Å²) in [5.74, 6) is -0.949. The molecule has 9 heteroatoms. The van der Waals surface area contributed by atoms with Crippen LogP contribution < -0.4 is 0 Å². The van der Waals surface area contributed by atoms with Crippen LogP contribution in [0.5, 0.6) is 0 Å². The highest BCUT2D eigenvalue weighted by molar-refractivity contribution is 7.46. The van der Waals surface area contributed by atoms with Crippen molar-refractivity contribution in [1.82, 2.24) is 0 Å². The van der Waals surface area contributed by atoms with E-state index in [4.69, 9.17) is 19.3 Å². The number of carbonyl (C=O) groups is 2. The summed E-state index contributed by atoms with van der Waals surface area (Å²) in [6, 6.07) is 0. The maximum absolute atomic E-state index is 12.3. The van der Waals surface area contributed by atoms with Gasteiger partial charge in [0.25, 0.3) is 0 Å². The molecule has 0 fully saturated rings. The number of allylic oxidation sites excluding steroid dienone is 6. The van der Waals surface area contributed by atoms with Gasteiger partial charge in [-0.2, -0.15) is 0 Å². The van der Waals surface area contributed by atoms with E-state index < -0.39 is 32.5 Å². The van der Waals surface area contributed by atoms with Crippen molar-refractivity contribution in [2.45, 2.75) is 180 Å². The van der Waals surface area contributed by atoms with Crippen LogP contribution in [0.2, 0.25) is 0 Å². The Morgan fingerprint density at radius 3 is 1.53 bits per heavy atom. The SMILES string of the molecule is CCCCC/C=C/CCCCCCCC(=O)O[C@H](COC(=O)CCC/C=C/C/C=C/CCCCCCCCCCC)COP(=O)(O)O. The van der Waals surface area contributed by atoms with E-state index in [9.17, 15) is 14.2 Å². The third-order valence-corrected chi connectivity index (χ3v) is 8.37. The number of phosphoric ester groups is 1. The summed E-state index contributed by atoms with van der Waals surface area (Å²) in [5, 5.41) is 0. The molecule has 2 N–H and O–H groups in total. The van der Waals surface area contributed by atoms with E-state index in [0.29, 0.717) is 12.8 Å². The minimum Gasteiger partial charge on any atom is -0.462 e. The van der Waals surface area contributed by atoms with Crippen LogP contribution in [0.15, 0.2) is 36.5 Å². The quantitative estimate of drug-likeness (QED) is 0.0297. The number of carbonyl (C=O) groups excluding carboxylic acids is 2. The van der Waals surface area contributed by atoms with Crippen LogP contribution >= 0.6 is 7.82 Å². The molecule has 0 aliphatic carbocycles. The minimum absolute atomic E-state index is 0.193.